The van der Waals surface area contributed by atoms with Crippen LogP contribution in [0.4, 0.5) is 34.1 Å². The molecule has 0 radical (unpaired) electrons. The Kier molecular flexibility index (Phi) is 35.2. The Morgan fingerprint density at radius 3 is 0.946 bits per heavy atom. The molecule has 0 bridgehead atoms. The molecular weight excluding hydrogens is 1520 g/mol. The summed E-state index contributed by atoms with van der Waals surface area (Å²) in [5, 5.41) is 52.3. The Morgan fingerprint density at radius 2 is 0.670 bits per heavy atom. The molecule has 112 heavy (non-hydrogen) atoms. The van der Waals surface area contributed by atoms with Crippen LogP contribution >= 0.6 is 0 Å². The molecule has 2 fully saturated rings. The number of aliphatic carboxylic acids is 2. The van der Waals surface area contributed by atoms with Crippen LogP contribution in [0, 0.1) is 11.8 Å². The fourth-order valence-corrected chi connectivity index (χ4v) is 17.5. The molecule has 24 nitrogen and oxygen atoms in total. The van der Waals surface area contributed by atoms with Crippen molar-refractivity contribution in [2.45, 2.75) is 140 Å². The molecule has 0 spiro atoms. The second-order valence-corrected chi connectivity index (χ2v) is 30.9. The summed E-state index contributed by atoms with van der Waals surface area (Å²) in [6, 6.07) is 49.2. The third-order valence-electron chi connectivity index (χ3n) is 20.4. The number of aromatic carboxylic acids is 2. The number of nitrogens with zero attached hydrogens (tertiary/aromatic N) is 4. The number of carbonyl (C=O) groups is 8. The number of carboxylic acid groups (broad SMARTS) is 4. The fraction of sp³-hybridized carbons (Fsp3) is 0.333. The minimum Gasteiger partial charge on any atom is -0.545 e. The predicted octanol–water partition coefficient (Wildman–Crippen LogP) is 5.69. The van der Waals surface area contributed by atoms with Crippen molar-refractivity contribution in [3.05, 3.63) is 238 Å². The van der Waals surface area contributed by atoms with E-state index in [4.69, 9.17) is 0 Å². The summed E-state index contributed by atoms with van der Waals surface area (Å²) in [6.07, 6.45) is 6.14. The first kappa shape index (κ1) is 91.4. The number of carboxylic acids is 4. The Bertz CT molecular complexity index is 4530. The van der Waals surface area contributed by atoms with Gasteiger partial charge in [-0.05, 0) is 235 Å². The topological polar surface area (TPSA) is 352 Å². The number of hydrogen-bond acceptors (Lipinski definition) is 16. The van der Waals surface area contributed by atoms with E-state index in [1.807, 2.05) is 64.1 Å². The first-order valence-electron chi connectivity index (χ1n) is 37.2. The quantitative estimate of drug-likeness (QED) is 0.0276. The molecule has 0 atom stereocenters. The van der Waals surface area contributed by atoms with Gasteiger partial charge in [0.1, 0.15) is 0 Å². The first-order valence-corrected chi connectivity index (χ1v) is 40.1. The van der Waals surface area contributed by atoms with E-state index in [0.717, 1.165) is 33.6 Å². The second-order valence-electron chi connectivity index (χ2n) is 27.1. The summed E-state index contributed by atoms with van der Waals surface area (Å²) in [6.45, 7) is 14.7. The number of sulfonamides is 2. The van der Waals surface area contributed by atoms with Gasteiger partial charge in [-0.1, -0.05) is 98.8 Å². The van der Waals surface area contributed by atoms with E-state index in [-0.39, 0.29) is 182 Å². The maximum atomic E-state index is 13.8. The van der Waals surface area contributed by atoms with E-state index in [1.165, 1.54) is 81.4 Å². The first-order chi connectivity index (χ1) is 52.7. The molecule has 28 heteroatoms. The molecule has 0 aromatic heterocycles. The van der Waals surface area contributed by atoms with Crippen LogP contribution in [0.3, 0.4) is 0 Å². The Hall–Kier alpha value is -7.79. The molecule has 10 rings (SSSR count). The van der Waals surface area contributed by atoms with Gasteiger partial charge in [0.25, 0.3) is 23.6 Å². The third-order valence-corrected chi connectivity index (χ3v) is 24.4. The summed E-state index contributed by atoms with van der Waals surface area (Å²) in [4.78, 5) is 104. The zero-order valence-corrected chi connectivity index (χ0v) is 72.5. The van der Waals surface area contributed by atoms with Gasteiger partial charge in [0.05, 0.1) is 56.1 Å². The Morgan fingerprint density at radius 1 is 0.366 bits per heavy atom. The van der Waals surface area contributed by atoms with Crippen molar-refractivity contribution in [1.82, 2.24) is 8.61 Å². The number of carbonyl (C=O) groups excluding carboxylic acids is 6. The molecule has 2 saturated carbocycles. The molecular formula is C84H94K2N8O16S2. The van der Waals surface area contributed by atoms with Crippen LogP contribution in [0.1, 0.15) is 177 Å². The number of nitrogens with one attached hydrogen (secondary N) is 4. The van der Waals surface area contributed by atoms with Gasteiger partial charge in [0.15, 0.2) is 0 Å². The van der Waals surface area contributed by atoms with Crippen LogP contribution in [0.5, 0.6) is 0 Å². The normalized spacial score (nSPS) is 15.4. The molecule has 0 aliphatic heterocycles. The van der Waals surface area contributed by atoms with Crippen molar-refractivity contribution >= 4 is 102 Å². The zero-order chi connectivity index (χ0) is 79.4. The number of benzene rings is 8. The van der Waals surface area contributed by atoms with E-state index >= 15 is 0 Å². The molecule has 2 aliphatic rings. The zero-order valence-electron chi connectivity index (χ0n) is 64.6. The van der Waals surface area contributed by atoms with E-state index in [1.54, 1.807) is 86.6 Å². The van der Waals surface area contributed by atoms with Gasteiger partial charge >= 0.3 is 115 Å². The van der Waals surface area contributed by atoms with Crippen molar-refractivity contribution in [3.8, 4) is 0 Å². The number of anilines is 6. The van der Waals surface area contributed by atoms with Gasteiger partial charge in [0.2, 0.25) is 20.0 Å². The van der Waals surface area contributed by atoms with E-state index in [9.17, 15) is 75.6 Å². The summed E-state index contributed by atoms with van der Waals surface area (Å²) < 4.78 is 58.1. The van der Waals surface area contributed by atoms with Gasteiger partial charge in [0, 0.05) is 85.2 Å². The van der Waals surface area contributed by atoms with E-state index in [0.29, 0.717) is 115 Å². The minimum absolute atomic E-state index is 0. The van der Waals surface area contributed by atoms with Crippen molar-refractivity contribution in [3.63, 3.8) is 0 Å². The van der Waals surface area contributed by atoms with Crippen LogP contribution in [0.25, 0.3) is 0 Å². The number of rotatable bonds is 32. The largest absolute Gasteiger partial charge is 1.00 e. The van der Waals surface area contributed by atoms with Crippen molar-refractivity contribution < 1.29 is 178 Å². The summed E-state index contributed by atoms with van der Waals surface area (Å²) in [7, 11) is -8.01. The number of aryl methyl sites for hydroxylation is 4. The smallest absolute Gasteiger partial charge is 0.545 e. The fourth-order valence-electron chi connectivity index (χ4n) is 14.1. The third kappa shape index (κ3) is 24.2. The maximum absolute atomic E-state index is 13.8. The average Bonchev–Trinajstić information content (AvgIpc) is 0.788. The molecule has 0 unspecified atom stereocenters. The SMILES string of the molecule is CCN(CC)c1ccc(NC(=O)c2cccc(S(=O)(=O)N(CC)C3CCC(C(=O)O)CC3)c2)c(C(=O)Nc2ccc(CCc3ccc(C(=O)[O-])cc3)cc2)c1.CCN(CC)c1ccc(NC(=O)c2cccc(S(=O)(=O)N(CC)C3CCC(C(=O)O)CC3)c2)c(C(=O)Nc2ccc(CCc3ccc(C(=O)[O-])cc3)cc2)c1.[K+].[K+]. The van der Waals surface area contributed by atoms with Crippen LogP contribution < -0.4 is 144 Å². The Labute approximate surface area is 740 Å². The van der Waals surface area contributed by atoms with Crippen LogP contribution in [0.15, 0.2) is 192 Å². The van der Waals surface area contributed by atoms with Gasteiger partial charge in [-0.25, -0.2) is 16.8 Å². The van der Waals surface area contributed by atoms with E-state index < -0.39 is 79.4 Å². The van der Waals surface area contributed by atoms with Crippen molar-refractivity contribution in [1.29, 1.82) is 0 Å². The van der Waals surface area contributed by atoms with Gasteiger partial charge < -0.3 is 61.1 Å². The van der Waals surface area contributed by atoms with Crippen molar-refractivity contribution in [2.75, 3.05) is 70.3 Å². The summed E-state index contributed by atoms with van der Waals surface area (Å²) in [5.74, 6) is -7.20. The maximum Gasteiger partial charge on any atom is 1.00 e. The molecule has 0 heterocycles. The van der Waals surface area contributed by atoms with Gasteiger partial charge in [-0.15, -0.1) is 0 Å². The molecule has 8 aromatic rings. The Balaban J connectivity index is 0.000000305. The molecule has 4 amide bonds. The molecule has 8 aromatic carbocycles. The van der Waals surface area contributed by atoms with Crippen LogP contribution in [-0.2, 0) is 55.3 Å². The van der Waals surface area contributed by atoms with Crippen LogP contribution in [0.2, 0.25) is 0 Å². The minimum atomic E-state index is -4.01. The molecule has 0 saturated heterocycles. The number of amides is 4. The molecule has 2 aliphatic carbocycles. The van der Waals surface area contributed by atoms with Gasteiger partial charge in [-0.3, -0.25) is 28.8 Å². The monoisotopic (exact) mass is 1610 g/mol. The summed E-state index contributed by atoms with van der Waals surface area (Å²) >= 11 is 0. The standard InChI is InChI=1S/2C42H48N4O8S.2K/c2*1-4-45(5-2)35-24-25-38(37(27-35)40(48)43-33-20-14-29(15-21-33)11-10-28-12-16-30(17-13-28)41(49)50)44-39(47)32-8-7-9-36(26-32)55(53,54)46(6-3)34-22-18-31(19-23-34)42(51)52;;/h2*7-9,12-17,20-21,24-27,31,34H,4-6,10-11,18-19,22-23H2,1-3H3,(H,43,48)(H,44,47)(H,49,50)(H,51,52);;/q;;2*+1/p-2. The van der Waals surface area contributed by atoms with Crippen LogP contribution in [-0.4, -0.2) is 135 Å². The molecule has 580 valence electrons. The predicted molar refractivity (Wildman–Crippen MR) is 420 cm³/mol. The molecule has 6 N–H and O–H groups in total. The van der Waals surface area contributed by atoms with Gasteiger partial charge in [-0.2, -0.15) is 8.61 Å². The van der Waals surface area contributed by atoms with Crippen molar-refractivity contribution in [2.24, 2.45) is 11.8 Å². The van der Waals surface area contributed by atoms with E-state index in [2.05, 4.69) is 31.1 Å². The number of hydrogen-bond donors (Lipinski definition) is 6. The average molecular weight is 1610 g/mol. The second kappa shape index (κ2) is 43.1. The summed E-state index contributed by atoms with van der Waals surface area (Å²) in [5.41, 5.74) is 8.08.